The van der Waals surface area contributed by atoms with Gasteiger partial charge in [-0.2, -0.15) is 5.10 Å². The summed E-state index contributed by atoms with van der Waals surface area (Å²) in [5.41, 5.74) is 6.12. The predicted octanol–water partition coefficient (Wildman–Crippen LogP) is 3.87. The number of imidazole rings is 1. The van der Waals surface area contributed by atoms with Crippen molar-refractivity contribution in [3.63, 3.8) is 0 Å². The number of anilines is 2. The van der Waals surface area contributed by atoms with Gasteiger partial charge in [-0.25, -0.2) is 19.6 Å². The quantitative estimate of drug-likeness (QED) is 0.420. The van der Waals surface area contributed by atoms with E-state index < -0.39 is 0 Å². The molecular formula is C25H30N8OS. The summed E-state index contributed by atoms with van der Waals surface area (Å²) in [6.45, 7) is 3.78. The molecule has 0 spiro atoms. The molecule has 0 saturated heterocycles. The fourth-order valence-electron chi connectivity index (χ4n) is 5.05. The number of hydrogen-bond acceptors (Lipinski definition) is 8. The number of nitrogens with zero attached hydrogens (tertiary/aromatic N) is 8. The van der Waals surface area contributed by atoms with Crippen LogP contribution < -0.4 is 9.64 Å². The van der Waals surface area contributed by atoms with Gasteiger partial charge in [-0.05, 0) is 58.8 Å². The number of fused-ring (bicyclic) bond motifs is 3. The van der Waals surface area contributed by atoms with Crippen LogP contribution in [0.25, 0.3) is 17.1 Å². The Balaban J connectivity index is 1.37. The maximum Gasteiger partial charge on any atom is 0.238 e. The van der Waals surface area contributed by atoms with Crippen molar-refractivity contribution in [1.29, 1.82) is 0 Å². The molecular weight excluding hydrogens is 460 g/mol. The van der Waals surface area contributed by atoms with E-state index >= 15 is 0 Å². The van der Waals surface area contributed by atoms with E-state index in [0.717, 1.165) is 53.8 Å². The van der Waals surface area contributed by atoms with E-state index in [1.807, 2.05) is 29.8 Å². The van der Waals surface area contributed by atoms with Crippen molar-refractivity contribution in [2.24, 2.45) is 0 Å². The summed E-state index contributed by atoms with van der Waals surface area (Å²) in [4.78, 5) is 18.8. The Bertz CT molecular complexity index is 1370. The SMILES string of the molecule is COc1nc(-c2csc(N3CC(N(C)C)Cn4nc5c(c43)CCCC5)n2)ccc1-n1cnc(C)c1. The van der Waals surface area contributed by atoms with Crippen molar-refractivity contribution in [3.8, 4) is 23.0 Å². The van der Waals surface area contributed by atoms with Crippen molar-refractivity contribution in [2.45, 2.75) is 45.2 Å². The highest BCUT2D eigenvalue weighted by atomic mass is 32.1. The van der Waals surface area contributed by atoms with E-state index in [1.165, 1.54) is 29.9 Å². The Kier molecular flexibility index (Phi) is 5.57. The molecule has 1 aliphatic carbocycles. The molecule has 0 bridgehead atoms. The lowest BCUT2D eigenvalue weighted by molar-refractivity contribution is 0.249. The minimum atomic E-state index is 0.368. The van der Waals surface area contributed by atoms with E-state index in [1.54, 1.807) is 24.8 Å². The van der Waals surface area contributed by atoms with Gasteiger partial charge in [-0.1, -0.05) is 0 Å². The molecule has 1 unspecified atom stereocenters. The summed E-state index contributed by atoms with van der Waals surface area (Å²) in [5, 5.41) is 8.09. The van der Waals surface area contributed by atoms with Gasteiger partial charge in [0.25, 0.3) is 0 Å². The van der Waals surface area contributed by atoms with Crippen LogP contribution in [-0.2, 0) is 19.4 Å². The van der Waals surface area contributed by atoms with Crippen LogP contribution in [-0.4, -0.2) is 68.0 Å². The number of rotatable bonds is 5. The van der Waals surface area contributed by atoms with Gasteiger partial charge in [0.05, 0.1) is 37.1 Å². The minimum absolute atomic E-state index is 0.368. The predicted molar refractivity (Wildman–Crippen MR) is 137 cm³/mol. The third-order valence-corrected chi connectivity index (χ3v) is 7.83. The Morgan fingerprint density at radius 1 is 1.09 bits per heavy atom. The third-order valence-electron chi connectivity index (χ3n) is 6.97. The zero-order valence-electron chi connectivity index (χ0n) is 20.6. The molecule has 0 saturated carbocycles. The monoisotopic (exact) mass is 490 g/mol. The number of hydrogen-bond donors (Lipinski definition) is 0. The van der Waals surface area contributed by atoms with Crippen molar-refractivity contribution in [1.82, 2.24) is 34.2 Å². The van der Waals surface area contributed by atoms with Crippen LogP contribution in [0.3, 0.4) is 0 Å². The lowest BCUT2D eigenvalue weighted by atomic mass is 9.97. The Labute approximate surface area is 209 Å². The van der Waals surface area contributed by atoms with E-state index in [2.05, 4.69) is 38.9 Å². The molecule has 2 aliphatic rings. The summed E-state index contributed by atoms with van der Waals surface area (Å²) < 4.78 is 9.77. The molecule has 0 fully saturated rings. The molecule has 10 heteroatoms. The first-order valence-electron chi connectivity index (χ1n) is 12.1. The number of thiazole rings is 1. The number of ether oxygens (including phenoxy) is 1. The molecule has 0 amide bonds. The number of likely N-dealkylation sites (N-methyl/N-ethyl adjacent to an activating group) is 1. The summed E-state index contributed by atoms with van der Waals surface area (Å²) in [6, 6.07) is 4.37. The molecule has 9 nitrogen and oxygen atoms in total. The van der Waals surface area contributed by atoms with Crippen molar-refractivity contribution >= 4 is 22.3 Å². The summed E-state index contributed by atoms with van der Waals surface area (Å²) in [7, 11) is 5.93. The van der Waals surface area contributed by atoms with Crippen molar-refractivity contribution in [2.75, 3.05) is 32.6 Å². The van der Waals surface area contributed by atoms with Gasteiger partial charge >= 0.3 is 0 Å². The normalized spacial score (nSPS) is 17.5. The second-order valence-electron chi connectivity index (χ2n) is 9.53. The van der Waals surface area contributed by atoms with E-state index in [9.17, 15) is 0 Å². The molecule has 4 aromatic rings. The molecule has 0 aromatic carbocycles. The van der Waals surface area contributed by atoms with Crippen LogP contribution in [0.1, 0.15) is 29.8 Å². The maximum absolute atomic E-state index is 5.62. The van der Waals surface area contributed by atoms with Gasteiger partial charge < -0.3 is 19.1 Å². The first kappa shape index (κ1) is 22.2. The molecule has 6 rings (SSSR count). The molecule has 0 N–H and O–H groups in total. The maximum atomic E-state index is 5.62. The first-order valence-corrected chi connectivity index (χ1v) is 12.9. The van der Waals surface area contributed by atoms with Crippen LogP contribution in [0.2, 0.25) is 0 Å². The Morgan fingerprint density at radius 3 is 2.71 bits per heavy atom. The molecule has 0 radical (unpaired) electrons. The number of aryl methyl sites for hydroxylation is 2. The molecule has 35 heavy (non-hydrogen) atoms. The van der Waals surface area contributed by atoms with E-state index in [0.29, 0.717) is 11.9 Å². The van der Waals surface area contributed by atoms with Crippen LogP contribution in [0.4, 0.5) is 10.9 Å². The minimum Gasteiger partial charge on any atom is -0.479 e. The van der Waals surface area contributed by atoms with Crippen LogP contribution in [0, 0.1) is 6.92 Å². The molecule has 182 valence electrons. The van der Waals surface area contributed by atoms with Gasteiger partial charge in [0, 0.05) is 29.7 Å². The Hall–Kier alpha value is -3.24. The fraction of sp³-hybridized carbons (Fsp3) is 0.440. The van der Waals surface area contributed by atoms with Crippen molar-refractivity contribution < 1.29 is 4.74 Å². The molecule has 5 heterocycles. The van der Waals surface area contributed by atoms with Crippen LogP contribution in [0.15, 0.2) is 30.0 Å². The summed E-state index contributed by atoms with van der Waals surface area (Å²) in [6.07, 6.45) is 8.36. The highest BCUT2D eigenvalue weighted by Crippen LogP contribution is 2.40. The van der Waals surface area contributed by atoms with Gasteiger partial charge in [-0.15, -0.1) is 11.3 Å². The van der Waals surface area contributed by atoms with Crippen LogP contribution in [0.5, 0.6) is 5.88 Å². The molecule has 1 aliphatic heterocycles. The average molecular weight is 491 g/mol. The summed E-state index contributed by atoms with van der Waals surface area (Å²) in [5.74, 6) is 1.78. The Morgan fingerprint density at radius 2 is 1.94 bits per heavy atom. The average Bonchev–Trinajstić information content (AvgIpc) is 3.61. The zero-order chi connectivity index (χ0) is 24.1. The number of aromatic nitrogens is 6. The first-order chi connectivity index (χ1) is 17.0. The zero-order valence-corrected chi connectivity index (χ0v) is 21.4. The van der Waals surface area contributed by atoms with Crippen LogP contribution >= 0.6 is 11.3 Å². The van der Waals surface area contributed by atoms with E-state index in [4.69, 9.17) is 19.8 Å². The van der Waals surface area contributed by atoms with E-state index in [-0.39, 0.29) is 0 Å². The largest absolute Gasteiger partial charge is 0.479 e. The second kappa shape index (κ2) is 8.76. The number of methoxy groups -OCH3 is 1. The highest BCUT2D eigenvalue weighted by Gasteiger charge is 2.34. The topological polar surface area (TPSA) is 77.1 Å². The third kappa shape index (κ3) is 3.90. The fourth-order valence-corrected chi connectivity index (χ4v) is 5.88. The highest BCUT2D eigenvalue weighted by molar-refractivity contribution is 7.14. The second-order valence-corrected chi connectivity index (χ2v) is 10.4. The van der Waals surface area contributed by atoms with Gasteiger partial charge in [0.15, 0.2) is 5.13 Å². The smallest absolute Gasteiger partial charge is 0.238 e. The molecule has 1 atom stereocenters. The van der Waals surface area contributed by atoms with Gasteiger partial charge in [0.2, 0.25) is 5.88 Å². The lowest BCUT2D eigenvalue weighted by Crippen LogP contribution is -2.46. The summed E-state index contributed by atoms with van der Waals surface area (Å²) >= 11 is 1.66. The van der Waals surface area contributed by atoms with Gasteiger partial charge in [-0.3, -0.25) is 0 Å². The standard InChI is InChI=1S/C25H30N8OS/c1-16-11-31(15-26-16)22-10-9-20(27-23(22)34-4)21-14-35-25(28-21)32-12-17(30(2)3)13-33-24(32)18-7-5-6-8-19(18)29-33/h9-11,14-15,17H,5-8,12-13H2,1-4H3. The molecule has 4 aromatic heterocycles. The van der Waals surface area contributed by atoms with Gasteiger partial charge in [0.1, 0.15) is 17.2 Å². The van der Waals surface area contributed by atoms with Crippen molar-refractivity contribution in [3.05, 3.63) is 47.0 Å². The number of pyridine rings is 1. The lowest BCUT2D eigenvalue weighted by Gasteiger charge is -2.37.